The summed E-state index contributed by atoms with van der Waals surface area (Å²) in [6, 6.07) is 4.99. The maximum Gasteiger partial charge on any atom is 0.358 e. The Labute approximate surface area is 108 Å². The number of hydrogen-bond donors (Lipinski definition) is 1. The number of carboxylic acid groups (broad SMARTS) is 1. The van der Waals surface area contributed by atoms with Gasteiger partial charge in [-0.2, -0.15) is 0 Å². The molecule has 0 aliphatic carbocycles. The van der Waals surface area contributed by atoms with E-state index in [1.165, 1.54) is 7.11 Å². The van der Waals surface area contributed by atoms with Crippen molar-refractivity contribution >= 4 is 17.6 Å². The first-order valence-electron chi connectivity index (χ1n) is 5.08. The molecule has 1 heterocycles. The van der Waals surface area contributed by atoms with E-state index in [9.17, 15) is 4.79 Å². The summed E-state index contributed by atoms with van der Waals surface area (Å²) in [6.45, 7) is 1.62. The maximum absolute atomic E-state index is 10.9. The smallest absolute Gasteiger partial charge is 0.358 e. The summed E-state index contributed by atoms with van der Waals surface area (Å²) in [5, 5.41) is 12.9. The largest absolute Gasteiger partial charge is 0.496 e. The first-order valence-corrected chi connectivity index (χ1v) is 5.46. The second-order valence-electron chi connectivity index (χ2n) is 3.64. The zero-order chi connectivity index (χ0) is 13.3. The number of aromatic carboxylic acids is 1. The lowest BCUT2D eigenvalue weighted by Crippen LogP contribution is -1.98. The summed E-state index contributed by atoms with van der Waals surface area (Å²) < 4.78 is 10.3. The number of aromatic nitrogens is 1. The molecular formula is C12H10ClNO4. The van der Waals surface area contributed by atoms with Crippen molar-refractivity contribution < 1.29 is 19.2 Å². The third-order valence-electron chi connectivity index (χ3n) is 2.53. The summed E-state index contributed by atoms with van der Waals surface area (Å²) in [6.07, 6.45) is 0. The average molecular weight is 268 g/mol. The van der Waals surface area contributed by atoms with Gasteiger partial charge in [0, 0.05) is 10.6 Å². The molecule has 18 heavy (non-hydrogen) atoms. The van der Waals surface area contributed by atoms with E-state index >= 15 is 0 Å². The van der Waals surface area contributed by atoms with Crippen LogP contribution in [-0.2, 0) is 0 Å². The van der Waals surface area contributed by atoms with Crippen LogP contribution in [0.25, 0.3) is 11.3 Å². The SMILES string of the molecule is COc1ccc(Cl)cc1-c1onc(C(=O)O)c1C. The van der Waals surface area contributed by atoms with Crippen LogP contribution in [0.2, 0.25) is 5.02 Å². The second-order valence-corrected chi connectivity index (χ2v) is 4.07. The van der Waals surface area contributed by atoms with E-state index in [1.807, 2.05) is 0 Å². The first-order chi connectivity index (χ1) is 8.54. The minimum absolute atomic E-state index is 0.118. The van der Waals surface area contributed by atoms with Crippen molar-refractivity contribution in [3.63, 3.8) is 0 Å². The highest BCUT2D eigenvalue weighted by Crippen LogP contribution is 2.35. The lowest BCUT2D eigenvalue weighted by atomic mass is 10.1. The molecule has 0 saturated heterocycles. The van der Waals surface area contributed by atoms with Crippen LogP contribution in [0.15, 0.2) is 22.7 Å². The summed E-state index contributed by atoms with van der Waals surface area (Å²) in [4.78, 5) is 10.9. The fraction of sp³-hybridized carbons (Fsp3) is 0.167. The van der Waals surface area contributed by atoms with Gasteiger partial charge < -0.3 is 14.4 Å². The molecule has 5 nitrogen and oxygen atoms in total. The minimum Gasteiger partial charge on any atom is -0.496 e. The van der Waals surface area contributed by atoms with Crippen molar-refractivity contribution in [1.29, 1.82) is 0 Å². The van der Waals surface area contributed by atoms with Gasteiger partial charge in [0.05, 0.1) is 12.7 Å². The van der Waals surface area contributed by atoms with Gasteiger partial charge in [0.1, 0.15) is 5.75 Å². The monoisotopic (exact) mass is 267 g/mol. The number of carbonyl (C=O) groups is 1. The lowest BCUT2D eigenvalue weighted by Gasteiger charge is -2.06. The third kappa shape index (κ3) is 2.04. The molecule has 1 aromatic heterocycles. The Balaban J connectivity index is 2.61. The number of benzene rings is 1. The maximum atomic E-state index is 10.9. The van der Waals surface area contributed by atoms with Gasteiger partial charge in [0.25, 0.3) is 0 Å². The molecule has 2 aromatic rings. The molecule has 0 amide bonds. The Kier molecular flexibility index (Phi) is 3.25. The molecule has 6 heteroatoms. The van der Waals surface area contributed by atoms with Gasteiger partial charge in [-0.15, -0.1) is 0 Å². The Bertz CT molecular complexity index is 606. The van der Waals surface area contributed by atoms with Gasteiger partial charge in [0.15, 0.2) is 11.5 Å². The van der Waals surface area contributed by atoms with Crippen LogP contribution < -0.4 is 4.74 Å². The van der Waals surface area contributed by atoms with E-state index in [0.717, 1.165) is 0 Å². The van der Waals surface area contributed by atoms with Gasteiger partial charge in [-0.1, -0.05) is 16.8 Å². The predicted molar refractivity (Wildman–Crippen MR) is 65.2 cm³/mol. The van der Waals surface area contributed by atoms with Gasteiger partial charge in [-0.25, -0.2) is 4.79 Å². The molecule has 0 fully saturated rings. The van der Waals surface area contributed by atoms with E-state index in [1.54, 1.807) is 25.1 Å². The van der Waals surface area contributed by atoms with E-state index in [4.69, 9.17) is 26.0 Å². The van der Waals surface area contributed by atoms with Crippen molar-refractivity contribution in [2.75, 3.05) is 7.11 Å². The van der Waals surface area contributed by atoms with Crippen LogP contribution in [0.4, 0.5) is 0 Å². The van der Waals surface area contributed by atoms with Gasteiger partial charge in [0.2, 0.25) is 0 Å². The molecule has 0 radical (unpaired) electrons. The molecule has 2 rings (SSSR count). The van der Waals surface area contributed by atoms with Crippen LogP contribution in [-0.4, -0.2) is 23.3 Å². The van der Waals surface area contributed by atoms with E-state index in [0.29, 0.717) is 27.7 Å². The number of carboxylic acids is 1. The number of hydrogen-bond acceptors (Lipinski definition) is 4. The Morgan fingerprint density at radius 2 is 2.22 bits per heavy atom. The molecular weight excluding hydrogens is 258 g/mol. The molecule has 0 atom stereocenters. The van der Waals surface area contributed by atoms with Crippen LogP contribution >= 0.6 is 11.6 Å². The lowest BCUT2D eigenvalue weighted by molar-refractivity contribution is 0.0685. The predicted octanol–water partition coefficient (Wildman–Crippen LogP) is 3.01. The molecule has 1 N–H and O–H groups in total. The summed E-state index contributed by atoms with van der Waals surface area (Å²) >= 11 is 5.91. The average Bonchev–Trinajstić information content (AvgIpc) is 2.71. The fourth-order valence-electron chi connectivity index (χ4n) is 1.64. The number of methoxy groups -OCH3 is 1. The third-order valence-corrected chi connectivity index (χ3v) is 2.77. The number of halogens is 1. The quantitative estimate of drug-likeness (QED) is 0.925. The molecule has 0 bridgehead atoms. The minimum atomic E-state index is -1.14. The normalized spacial score (nSPS) is 10.4. The highest BCUT2D eigenvalue weighted by Gasteiger charge is 2.21. The highest BCUT2D eigenvalue weighted by atomic mass is 35.5. The van der Waals surface area contributed by atoms with Crippen LogP contribution in [0, 0.1) is 6.92 Å². The van der Waals surface area contributed by atoms with Gasteiger partial charge >= 0.3 is 5.97 Å². The molecule has 1 aromatic carbocycles. The topological polar surface area (TPSA) is 72.6 Å². The summed E-state index contributed by atoms with van der Waals surface area (Å²) in [7, 11) is 1.51. The highest BCUT2D eigenvalue weighted by molar-refractivity contribution is 6.31. The van der Waals surface area contributed by atoms with Gasteiger partial charge in [-0.3, -0.25) is 0 Å². The van der Waals surface area contributed by atoms with Crippen LogP contribution in [0.5, 0.6) is 5.75 Å². The second kappa shape index (κ2) is 4.70. The zero-order valence-corrected chi connectivity index (χ0v) is 10.5. The van der Waals surface area contributed by atoms with Crippen molar-refractivity contribution in [3.05, 3.63) is 34.5 Å². The van der Waals surface area contributed by atoms with Crippen molar-refractivity contribution in [1.82, 2.24) is 5.16 Å². The fourth-order valence-corrected chi connectivity index (χ4v) is 1.82. The van der Waals surface area contributed by atoms with E-state index < -0.39 is 5.97 Å². The summed E-state index contributed by atoms with van der Waals surface area (Å²) in [5.74, 6) is -0.258. The molecule has 0 spiro atoms. The Morgan fingerprint density at radius 3 is 2.78 bits per heavy atom. The zero-order valence-electron chi connectivity index (χ0n) is 9.73. The van der Waals surface area contributed by atoms with E-state index in [-0.39, 0.29) is 5.69 Å². The van der Waals surface area contributed by atoms with Crippen molar-refractivity contribution in [2.45, 2.75) is 6.92 Å². The number of ether oxygens (including phenoxy) is 1. The molecule has 0 aliphatic rings. The number of rotatable bonds is 3. The summed E-state index contributed by atoms with van der Waals surface area (Å²) in [5.41, 5.74) is 0.887. The Hall–Kier alpha value is -2.01. The standard InChI is InChI=1S/C12H10ClNO4/c1-6-10(12(15)16)14-18-11(6)8-5-7(13)3-4-9(8)17-2/h3-5H,1-2H3,(H,15,16). The van der Waals surface area contributed by atoms with Gasteiger partial charge in [-0.05, 0) is 25.1 Å². The molecule has 0 unspecified atom stereocenters. The Morgan fingerprint density at radius 1 is 1.50 bits per heavy atom. The van der Waals surface area contributed by atoms with E-state index in [2.05, 4.69) is 5.16 Å². The van der Waals surface area contributed by atoms with Crippen LogP contribution in [0.1, 0.15) is 16.1 Å². The van der Waals surface area contributed by atoms with Crippen LogP contribution in [0.3, 0.4) is 0 Å². The molecule has 94 valence electrons. The van der Waals surface area contributed by atoms with Crippen molar-refractivity contribution in [2.24, 2.45) is 0 Å². The first kappa shape index (κ1) is 12.4. The van der Waals surface area contributed by atoms with Crippen molar-refractivity contribution in [3.8, 4) is 17.1 Å². The number of nitrogens with zero attached hydrogens (tertiary/aromatic N) is 1. The molecule has 0 saturated carbocycles. The molecule has 0 aliphatic heterocycles.